The summed E-state index contributed by atoms with van der Waals surface area (Å²) in [7, 11) is 1.48. The summed E-state index contributed by atoms with van der Waals surface area (Å²) >= 11 is 0. The number of carbonyl (C=O) groups excluding carboxylic acids is 1. The smallest absolute Gasteiger partial charge is 0.327 e. The third-order valence-electron chi connectivity index (χ3n) is 1.39. The van der Waals surface area contributed by atoms with Gasteiger partial charge in [-0.15, -0.1) is 24.8 Å². The molecule has 0 unspecified atom stereocenters. The molecule has 8 heteroatoms. The number of aromatic nitrogens is 1. The van der Waals surface area contributed by atoms with E-state index < -0.39 is 6.03 Å². The molecule has 0 aliphatic heterocycles. The third-order valence-corrected chi connectivity index (χ3v) is 1.39. The molecule has 0 aliphatic carbocycles. The number of amides is 2. The van der Waals surface area contributed by atoms with Gasteiger partial charge in [0.2, 0.25) is 0 Å². The molecule has 1 aromatic heterocycles. The molecule has 16 heavy (non-hydrogen) atoms. The second-order valence-corrected chi connectivity index (χ2v) is 2.40. The Hall–Kier alpha value is -1.53. The van der Waals surface area contributed by atoms with E-state index in [0.29, 0.717) is 5.82 Å². The number of aliphatic imine (C=N–C) groups is 1. The molecule has 0 spiro atoms. The van der Waals surface area contributed by atoms with Crippen LogP contribution in [0.15, 0.2) is 29.4 Å². The molecule has 0 radical (unpaired) electrons. The Morgan fingerprint density at radius 1 is 1.44 bits per heavy atom. The van der Waals surface area contributed by atoms with Crippen LogP contribution in [-0.4, -0.2) is 24.0 Å². The van der Waals surface area contributed by atoms with Crippen LogP contribution in [0.2, 0.25) is 0 Å². The predicted molar refractivity (Wildman–Crippen MR) is 68.4 cm³/mol. The number of nitrogens with two attached hydrogens (primary N) is 1. The van der Waals surface area contributed by atoms with Crippen LogP contribution < -0.4 is 16.4 Å². The summed E-state index contributed by atoms with van der Waals surface area (Å²) in [5.41, 5.74) is 5.29. The fourth-order valence-electron chi connectivity index (χ4n) is 0.756. The van der Waals surface area contributed by atoms with Crippen molar-refractivity contribution >= 4 is 42.6 Å². The third kappa shape index (κ3) is 6.05. The van der Waals surface area contributed by atoms with E-state index in [1.54, 1.807) is 24.4 Å². The summed E-state index contributed by atoms with van der Waals surface area (Å²) < 4.78 is 0. The molecule has 0 aromatic carbocycles. The van der Waals surface area contributed by atoms with Gasteiger partial charge < -0.3 is 5.73 Å². The SMILES string of the molecule is CN=C(N)NC(=O)Nc1ccccn1.Cl.Cl. The average Bonchev–Trinajstić information content (AvgIpc) is 2.19. The molecular weight excluding hydrogens is 253 g/mol. The molecule has 0 saturated heterocycles. The first-order chi connectivity index (χ1) is 6.72. The monoisotopic (exact) mass is 265 g/mol. The molecule has 1 aromatic rings. The summed E-state index contributed by atoms with van der Waals surface area (Å²) in [6, 6.07) is 4.72. The largest absolute Gasteiger partial charge is 0.370 e. The minimum absolute atomic E-state index is 0. The van der Waals surface area contributed by atoms with Gasteiger partial charge in [-0.3, -0.25) is 15.6 Å². The zero-order chi connectivity index (χ0) is 10.4. The summed E-state index contributed by atoms with van der Waals surface area (Å²) in [6.07, 6.45) is 1.58. The highest BCUT2D eigenvalue weighted by Crippen LogP contribution is 1.98. The van der Waals surface area contributed by atoms with Crippen molar-refractivity contribution < 1.29 is 4.79 Å². The number of anilines is 1. The van der Waals surface area contributed by atoms with E-state index in [9.17, 15) is 4.79 Å². The highest BCUT2D eigenvalue weighted by Gasteiger charge is 2.01. The van der Waals surface area contributed by atoms with Crippen molar-refractivity contribution in [1.29, 1.82) is 0 Å². The van der Waals surface area contributed by atoms with Gasteiger partial charge in [0.15, 0.2) is 5.96 Å². The first kappa shape index (κ1) is 16.9. The number of nitrogens with zero attached hydrogens (tertiary/aromatic N) is 2. The number of hydrogen-bond donors (Lipinski definition) is 3. The number of carbonyl (C=O) groups is 1. The highest BCUT2D eigenvalue weighted by atomic mass is 35.5. The van der Waals surface area contributed by atoms with Crippen LogP contribution in [-0.2, 0) is 0 Å². The van der Waals surface area contributed by atoms with Crippen molar-refractivity contribution in [2.45, 2.75) is 0 Å². The second-order valence-electron chi connectivity index (χ2n) is 2.40. The highest BCUT2D eigenvalue weighted by molar-refractivity contribution is 6.01. The zero-order valence-corrected chi connectivity index (χ0v) is 10.1. The fraction of sp³-hybridized carbons (Fsp3) is 0.125. The normalized spacial score (nSPS) is 9.44. The van der Waals surface area contributed by atoms with E-state index in [4.69, 9.17) is 5.73 Å². The van der Waals surface area contributed by atoms with Gasteiger partial charge >= 0.3 is 6.03 Å². The lowest BCUT2D eigenvalue weighted by molar-refractivity contribution is 0.256. The molecule has 1 heterocycles. The van der Waals surface area contributed by atoms with Gasteiger partial charge in [-0.2, -0.15) is 0 Å². The molecule has 4 N–H and O–H groups in total. The maximum Gasteiger partial charge on any atom is 0.327 e. The summed E-state index contributed by atoms with van der Waals surface area (Å²) in [6.45, 7) is 0. The Morgan fingerprint density at radius 3 is 2.62 bits per heavy atom. The maximum absolute atomic E-state index is 11.2. The predicted octanol–water partition coefficient (Wildman–Crippen LogP) is 0.991. The Kier molecular flexibility index (Phi) is 9.24. The van der Waals surface area contributed by atoms with Gasteiger partial charge in [0, 0.05) is 13.2 Å². The van der Waals surface area contributed by atoms with Gasteiger partial charge in [-0.25, -0.2) is 9.78 Å². The minimum atomic E-state index is -0.466. The van der Waals surface area contributed by atoms with Crippen LogP contribution in [0.25, 0.3) is 0 Å². The van der Waals surface area contributed by atoms with Gasteiger partial charge in [0.25, 0.3) is 0 Å². The number of halogens is 2. The Bertz CT molecular complexity index is 344. The van der Waals surface area contributed by atoms with E-state index >= 15 is 0 Å². The van der Waals surface area contributed by atoms with E-state index in [-0.39, 0.29) is 30.8 Å². The zero-order valence-electron chi connectivity index (χ0n) is 8.51. The molecule has 0 aliphatic rings. The van der Waals surface area contributed by atoms with Gasteiger partial charge in [0.1, 0.15) is 5.82 Å². The number of pyridine rings is 1. The van der Waals surface area contributed by atoms with Gasteiger partial charge in [-0.1, -0.05) is 6.07 Å². The lowest BCUT2D eigenvalue weighted by Gasteiger charge is -2.04. The van der Waals surface area contributed by atoms with Crippen molar-refractivity contribution in [3.05, 3.63) is 24.4 Å². The standard InChI is InChI=1S/C8H11N5O.2ClH/c1-10-7(9)13-8(14)12-6-4-2-3-5-11-6;;/h2-5H,1H3,(H4,9,10,11,12,13,14);2*1H. The van der Waals surface area contributed by atoms with Crippen LogP contribution in [0.4, 0.5) is 10.6 Å². The van der Waals surface area contributed by atoms with Crippen molar-refractivity contribution in [3.8, 4) is 0 Å². The topological polar surface area (TPSA) is 92.4 Å². The quantitative estimate of drug-likeness (QED) is 0.522. The van der Waals surface area contributed by atoms with Crippen LogP contribution in [0.3, 0.4) is 0 Å². The lowest BCUT2D eigenvalue weighted by Crippen LogP contribution is -2.39. The molecular formula is C8H13Cl2N5O. The van der Waals surface area contributed by atoms with Crippen LogP contribution in [0.5, 0.6) is 0 Å². The number of hydrogen-bond acceptors (Lipinski definition) is 3. The number of nitrogens with one attached hydrogen (secondary N) is 2. The summed E-state index contributed by atoms with van der Waals surface area (Å²) in [5, 5.41) is 4.80. The van der Waals surface area contributed by atoms with Crippen LogP contribution in [0, 0.1) is 0 Å². The van der Waals surface area contributed by atoms with E-state index in [2.05, 4.69) is 20.6 Å². The molecule has 0 atom stereocenters. The van der Waals surface area contributed by atoms with Crippen LogP contribution >= 0.6 is 24.8 Å². The fourth-order valence-corrected chi connectivity index (χ4v) is 0.756. The van der Waals surface area contributed by atoms with E-state index in [1.165, 1.54) is 7.05 Å². The minimum Gasteiger partial charge on any atom is -0.370 e. The molecule has 0 fully saturated rings. The number of rotatable bonds is 1. The first-order valence-electron chi connectivity index (χ1n) is 3.93. The molecule has 2 amide bonds. The Balaban J connectivity index is 0. The van der Waals surface area contributed by atoms with E-state index in [1.807, 2.05) is 0 Å². The molecule has 0 bridgehead atoms. The summed E-state index contributed by atoms with van der Waals surface area (Å²) in [5.74, 6) is 0.507. The van der Waals surface area contributed by atoms with Gasteiger partial charge in [0.05, 0.1) is 0 Å². The second kappa shape index (κ2) is 8.75. The van der Waals surface area contributed by atoms with Gasteiger partial charge in [-0.05, 0) is 12.1 Å². The van der Waals surface area contributed by atoms with Crippen molar-refractivity contribution in [2.75, 3.05) is 12.4 Å². The molecule has 1 rings (SSSR count). The Labute approximate surface area is 106 Å². The Morgan fingerprint density at radius 2 is 2.12 bits per heavy atom. The van der Waals surface area contributed by atoms with Crippen molar-refractivity contribution in [1.82, 2.24) is 10.3 Å². The number of guanidine groups is 1. The molecule has 6 nitrogen and oxygen atoms in total. The molecule has 0 saturated carbocycles. The molecule has 90 valence electrons. The first-order valence-corrected chi connectivity index (χ1v) is 3.93. The van der Waals surface area contributed by atoms with Crippen LogP contribution in [0.1, 0.15) is 0 Å². The maximum atomic E-state index is 11.2. The van der Waals surface area contributed by atoms with Crippen molar-refractivity contribution in [3.63, 3.8) is 0 Å². The summed E-state index contributed by atoms with van der Waals surface area (Å²) in [4.78, 5) is 18.6. The van der Waals surface area contributed by atoms with E-state index in [0.717, 1.165) is 0 Å². The van der Waals surface area contributed by atoms with Crippen molar-refractivity contribution in [2.24, 2.45) is 10.7 Å². The average molecular weight is 266 g/mol. The number of urea groups is 1. The lowest BCUT2D eigenvalue weighted by atomic mass is 10.5.